The summed E-state index contributed by atoms with van der Waals surface area (Å²) >= 11 is 6.20. The first-order chi connectivity index (χ1) is 12.6. The molecule has 2 aromatic rings. The summed E-state index contributed by atoms with van der Waals surface area (Å²) in [6, 6.07) is 10.6. The minimum absolute atomic E-state index is 0.165. The van der Waals surface area contributed by atoms with E-state index in [4.69, 9.17) is 16.4 Å². The molecule has 4 rings (SSSR count). The molecule has 0 amide bonds. The smallest absolute Gasteiger partial charge is 0.134 e. The van der Waals surface area contributed by atoms with E-state index in [1.54, 1.807) is 13.3 Å². The molecule has 0 aromatic heterocycles. The molecule has 1 aliphatic heterocycles. The molecule has 1 heterocycles. The van der Waals surface area contributed by atoms with Crippen LogP contribution in [0.1, 0.15) is 40.2 Å². The first kappa shape index (κ1) is 17.4. The van der Waals surface area contributed by atoms with Crippen LogP contribution in [-0.4, -0.2) is 43.0 Å². The van der Waals surface area contributed by atoms with Crippen molar-refractivity contribution in [2.24, 2.45) is 5.16 Å². The molecule has 0 radical (unpaired) electrons. The Bertz CT molecular complexity index is 865. The molecule has 2 aliphatic rings. The molecule has 0 bridgehead atoms. The fourth-order valence-electron chi connectivity index (χ4n) is 4.54. The largest absolute Gasteiger partial charge is 0.506 e. The molecule has 0 unspecified atom stereocenters. The maximum Gasteiger partial charge on any atom is 0.134 e. The Morgan fingerprint density at radius 1 is 1.27 bits per heavy atom. The Hall–Kier alpha value is -2.04. The molecule has 1 aliphatic carbocycles. The van der Waals surface area contributed by atoms with Gasteiger partial charge in [-0.1, -0.05) is 35.0 Å². The van der Waals surface area contributed by atoms with Crippen molar-refractivity contribution in [1.29, 1.82) is 0 Å². The quantitative estimate of drug-likeness (QED) is 0.642. The Morgan fingerprint density at radius 2 is 2.12 bits per heavy atom. The van der Waals surface area contributed by atoms with Crippen LogP contribution in [0.25, 0.3) is 0 Å². The standard InChI is InChI=1S/C21H23ClN2O2/c1-24-9-8-13-10-18(22)20(25)11-17(13)21-16-5-3-4-14(12-23-26-2)15(16)6-7-19(21)24/h3-5,10-12,19,21,25H,6-9H2,1-2H3/b23-12+/t19-,21+/m0/s1. The predicted octanol–water partition coefficient (Wildman–Crippen LogP) is 3.96. The molecule has 0 saturated heterocycles. The van der Waals surface area contributed by atoms with Crippen molar-refractivity contribution in [1.82, 2.24) is 4.90 Å². The average Bonchev–Trinajstić information content (AvgIpc) is 2.78. The van der Waals surface area contributed by atoms with E-state index < -0.39 is 0 Å². The first-order valence-corrected chi connectivity index (χ1v) is 9.37. The normalized spacial score (nSPS) is 22.4. The van der Waals surface area contributed by atoms with Gasteiger partial charge in [-0.3, -0.25) is 0 Å². The predicted molar refractivity (Wildman–Crippen MR) is 104 cm³/mol. The van der Waals surface area contributed by atoms with Gasteiger partial charge in [0.2, 0.25) is 0 Å². The van der Waals surface area contributed by atoms with E-state index >= 15 is 0 Å². The highest BCUT2D eigenvalue weighted by atomic mass is 35.5. The molecule has 0 saturated carbocycles. The number of aromatic hydroxyl groups is 1. The van der Waals surface area contributed by atoms with Crippen molar-refractivity contribution in [3.05, 3.63) is 63.2 Å². The molecule has 136 valence electrons. The van der Waals surface area contributed by atoms with Gasteiger partial charge in [-0.25, -0.2) is 0 Å². The SMILES string of the molecule is CO/N=C/c1cccc2c1CC[C@H]1[C@H]2c2cc(O)c(Cl)cc2CCN1C. The van der Waals surface area contributed by atoms with Gasteiger partial charge in [0.1, 0.15) is 12.9 Å². The number of nitrogens with zero attached hydrogens (tertiary/aromatic N) is 2. The second kappa shape index (κ2) is 6.93. The third-order valence-corrected chi connectivity index (χ3v) is 6.10. The van der Waals surface area contributed by atoms with Crippen LogP contribution in [0.5, 0.6) is 5.75 Å². The van der Waals surface area contributed by atoms with E-state index in [9.17, 15) is 5.11 Å². The van der Waals surface area contributed by atoms with Gasteiger partial charge in [-0.15, -0.1) is 0 Å². The number of halogens is 1. The number of phenols is 1. The van der Waals surface area contributed by atoms with Gasteiger partial charge in [-0.05, 0) is 66.3 Å². The van der Waals surface area contributed by atoms with E-state index in [0.717, 1.165) is 31.4 Å². The Kier molecular flexibility index (Phi) is 4.63. The highest BCUT2D eigenvalue weighted by molar-refractivity contribution is 6.32. The van der Waals surface area contributed by atoms with Crippen molar-refractivity contribution in [3.63, 3.8) is 0 Å². The van der Waals surface area contributed by atoms with E-state index in [2.05, 4.69) is 35.3 Å². The van der Waals surface area contributed by atoms with Gasteiger partial charge in [0.25, 0.3) is 0 Å². The van der Waals surface area contributed by atoms with Crippen molar-refractivity contribution in [3.8, 4) is 5.75 Å². The number of fused-ring (bicyclic) bond motifs is 5. The maximum atomic E-state index is 10.3. The summed E-state index contributed by atoms with van der Waals surface area (Å²) in [6.07, 6.45) is 4.83. The van der Waals surface area contributed by atoms with Crippen LogP contribution in [0.3, 0.4) is 0 Å². The molecule has 0 fully saturated rings. The fraction of sp³-hybridized carbons (Fsp3) is 0.381. The lowest BCUT2D eigenvalue weighted by Gasteiger charge is -2.38. The average molecular weight is 371 g/mol. The zero-order valence-electron chi connectivity index (χ0n) is 15.1. The Balaban J connectivity index is 1.91. The lowest BCUT2D eigenvalue weighted by molar-refractivity contribution is 0.213. The lowest BCUT2D eigenvalue weighted by atomic mass is 9.73. The lowest BCUT2D eigenvalue weighted by Crippen LogP contribution is -2.39. The van der Waals surface area contributed by atoms with Crippen molar-refractivity contribution in [2.45, 2.75) is 31.2 Å². The minimum Gasteiger partial charge on any atom is -0.506 e. The molecule has 5 heteroatoms. The molecule has 2 atom stereocenters. The first-order valence-electron chi connectivity index (χ1n) is 9.00. The molecule has 2 aromatic carbocycles. The monoisotopic (exact) mass is 370 g/mol. The minimum atomic E-state index is 0.165. The third kappa shape index (κ3) is 2.87. The summed E-state index contributed by atoms with van der Waals surface area (Å²) in [5.74, 6) is 0.387. The van der Waals surface area contributed by atoms with E-state index in [1.807, 2.05) is 12.1 Å². The van der Waals surface area contributed by atoms with E-state index in [-0.39, 0.29) is 11.7 Å². The van der Waals surface area contributed by atoms with Crippen LogP contribution < -0.4 is 0 Å². The van der Waals surface area contributed by atoms with Crippen molar-refractivity contribution in [2.75, 3.05) is 20.7 Å². The van der Waals surface area contributed by atoms with Gasteiger partial charge in [0, 0.05) is 18.5 Å². The zero-order valence-corrected chi connectivity index (χ0v) is 15.8. The summed E-state index contributed by atoms with van der Waals surface area (Å²) in [5, 5.41) is 14.7. The van der Waals surface area contributed by atoms with E-state index in [0.29, 0.717) is 11.1 Å². The fourth-order valence-corrected chi connectivity index (χ4v) is 4.72. The second-order valence-electron chi connectivity index (χ2n) is 7.15. The summed E-state index contributed by atoms with van der Waals surface area (Å²) in [4.78, 5) is 7.33. The summed E-state index contributed by atoms with van der Waals surface area (Å²) in [5.41, 5.74) is 6.18. The Labute approximate surface area is 159 Å². The van der Waals surface area contributed by atoms with Crippen molar-refractivity contribution < 1.29 is 9.94 Å². The molecule has 1 N–H and O–H groups in total. The summed E-state index contributed by atoms with van der Waals surface area (Å²) in [7, 11) is 3.76. The van der Waals surface area contributed by atoms with Crippen LogP contribution >= 0.6 is 11.6 Å². The Morgan fingerprint density at radius 3 is 2.92 bits per heavy atom. The second-order valence-corrected chi connectivity index (χ2v) is 7.56. The number of rotatable bonds is 2. The maximum absolute atomic E-state index is 10.3. The summed E-state index contributed by atoms with van der Waals surface area (Å²) < 4.78 is 0. The molecular formula is C21H23ClN2O2. The van der Waals surface area contributed by atoms with Gasteiger partial charge < -0.3 is 14.8 Å². The van der Waals surface area contributed by atoms with Crippen LogP contribution in [-0.2, 0) is 17.7 Å². The number of benzene rings is 2. The van der Waals surface area contributed by atoms with Gasteiger partial charge in [0.05, 0.1) is 11.2 Å². The highest BCUT2D eigenvalue weighted by Crippen LogP contribution is 2.44. The van der Waals surface area contributed by atoms with Crippen LogP contribution in [0.15, 0.2) is 35.5 Å². The highest BCUT2D eigenvalue weighted by Gasteiger charge is 2.37. The van der Waals surface area contributed by atoms with Gasteiger partial charge in [-0.2, -0.15) is 0 Å². The van der Waals surface area contributed by atoms with E-state index in [1.165, 1.54) is 22.3 Å². The molecule has 0 spiro atoms. The topological polar surface area (TPSA) is 45.1 Å². The number of hydrogen-bond donors (Lipinski definition) is 1. The summed E-state index contributed by atoms with van der Waals surface area (Å²) in [6.45, 7) is 0.995. The number of oxime groups is 1. The van der Waals surface area contributed by atoms with Crippen LogP contribution in [0, 0.1) is 0 Å². The number of likely N-dealkylation sites (N-methyl/N-ethyl adjacent to an activating group) is 1. The van der Waals surface area contributed by atoms with Gasteiger partial charge >= 0.3 is 0 Å². The van der Waals surface area contributed by atoms with Crippen LogP contribution in [0.2, 0.25) is 5.02 Å². The zero-order chi connectivity index (χ0) is 18.3. The number of hydrogen-bond acceptors (Lipinski definition) is 4. The van der Waals surface area contributed by atoms with Crippen LogP contribution in [0.4, 0.5) is 0 Å². The van der Waals surface area contributed by atoms with Crippen molar-refractivity contribution >= 4 is 17.8 Å². The molecule has 26 heavy (non-hydrogen) atoms. The number of phenolic OH excluding ortho intramolecular Hbond substituents is 1. The van der Waals surface area contributed by atoms with Gasteiger partial charge in [0.15, 0.2) is 0 Å². The molecule has 4 nitrogen and oxygen atoms in total. The molecular weight excluding hydrogens is 348 g/mol. The third-order valence-electron chi connectivity index (χ3n) is 5.80.